The van der Waals surface area contributed by atoms with Gasteiger partial charge in [0, 0.05) is 26.2 Å². The number of rotatable bonds is 4. The number of amides is 4. The van der Waals surface area contributed by atoms with E-state index in [0.29, 0.717) is 37.6 Å². The van der Waals surface area contributed by atoms with Crippen LogP contribution in [0.25, 0.3) is 0 Å². The van der Waals surface area contributed by atoms with Gasteiger partial charge in [-0.3, -0.25) is 29.0 Å². The van der Waals surface area contributed by atoms with Crippen molar-refractivity contribution in [1.82, 2.24) is 9.80 Å². The van der Waals surface area contributed by atoms with Crippen LogP contribution in [0.5, 0.6) is 0 Å². The standard InChI is InChI=1S/C26H28N4O4/c1-17-3-7-19(8-4-17)29-23(31)15-21(25(29)33)27-11-13-28(14-12-27)22-16-24(32)30(26(22)34)20-9-5-18(2)6-10-20/h3-10,21-22H,11-16H2,1-2H3/t21-,22-/m1/s1. The van der Waals surface area contributed by atoms with Gasteiger partial charge in [0.25, 0.3) is 11.8 Å². The Bertz CT molecular complexity index is 1040. The maximum atomic E-state index is 13.1. The third kappa shape index (κ3) is 3.93. The SMILES string of the molecule is Cc1ccc(N2C(=O)C[C@@H](N3CCN([C@@H]4CC(=O)N(c5ccc(C)cc5)C4=O)CC3)C2=O)cc1. The zero-order valence-corrected chi connectivity index (χ0v) is 19.4. The van der Waals surface area contributed by atoms with Gasteiger partial charge in [-0.05, 0) is 38.1 Å². The van der Waals surface area contributed by atoms with Crippen molar-refractivity contribution in [2.45, 2.75) is 38.8 Å². The highest BCUT2D eigenvalue weighted by molar-refractivity contribution is 6.23. The highest BCUT2D eigenvalue weighted by Crippen LogP contribution is 2.29. The normalized spacial score (nSPS) is 24.5. The summed E-state index contributed by atoms with van der Waals surface area (Å²) < 4.78 is 0. The molecule has 176 valence electrons. The second-order valence-electron chi connectivity index (χ2n) is 9.32. The molecule has 0 bridgehead atoms. The molecule has 2 aromatic carbocycles. The van der Waals surface area contributed by atoms with Crippen LogP contribution in [0.1, 0.15) is 24.0 Å². The van der Waals surface area contributed by atoms with Crippen molar-refractivity contribution < 1.29 is 19.2 Å². The Morgan fingerprint density at radius 3 is 1.21 bits per heavy atom. The molecule has 0 N–H and O–H groups in total. The Hall–Kier alpha value is -3.36. The van der Waals surface area contributed by atoms with Gasteiger partial charge < -0.3 is 0 Å². The van der Waals surface area contributed by atoms with E-state index in [0.717, 1.165) is 11.1 Å². The van der Waals surface area contributed by atoms with E-state index >= 15 is 0 Å². The van der Waals surface area contributed by atoms with Crippen LogP contribution < -0.4 is 9.80 Å². The summed E-state index contributed by atoms with van der Waals surface area (Å²) in [5.74, 6) is -0.766. The van der Waals surface area contributed by atoms with Gasteiger partial charge in [0.1, 0.15) is 0 Å². The van der Waals surface area contributed by atoms with E-state index in [1.54, 1.807) is 24.3 Å². The summed E-state index contributed by atoms with van der Waals surface area (Å²) in [5.41, 5.74) is 3.34. The first-order valence-electron chi connectivity index (χ1n) is 11.7. The van der Waals surface area contributed by atoms with E-state index in [1.807, 2.05) is 47.9 Å². The Morgan fingerprint density at radius 2 is 0.882 bits per heavy atom. The smallest absolute Gasteiger partial charge is 0.251 e. The summed E-state index contributed by atoms with van der Waals surface area (Å²) in [5, 5.41) is 0. The molecular formula is C26H28N4O4. The Labute approximate surface area is 198 Å². The minimum atomic E-state index is -0.485. The molecule has 0 aliphatic carbocycles. The molecule has 3 aliphatic rings. The molecule has 5 rings (SSSR count). The Balaban J connectivity index is 1.23. The Morgan fingerprint density at radius 1 is 0.559 bits per heavy atom. The number of imide groups is 2. The van der Waals surface area contributed by atoms with Crippen LogP contribution >= 0.6 is 0 Å². The fourth-order valence-electron chi connectivity index (χ4n) is 5.09. The largest absolute Gasteiger partial charge is 0.289 e. The molecule has 3 saturated heterocycles. The fourth-order valence-corrected chi connectivity index (χ4v) is 5.09. The summed E-state index contributed by atoms with van der Waals surface area (Å²) in [7, 11) is 0. The molecule has 4 amide bonds. The lowest BCUT2D eigenvalue weighted by molar-refractivity contribution is -0.126. The number of benzene rings is 2. The van der Waals surface area contributed by atoms with Crippen LogP contribution in [0.2, 0.25) is 0 Å². The summed E-state index contributed by atoms with van der Waals surface area (Å²) in [6.07, 6.45) is 0.323. The summed E-state index contributed by atoms with van der Waals surface area (Å²) >= 11 is 0. The van der Waals surface area contributed by atoms with Gasteiger partial charge in [-0.1, -0.05) is 35.4 Å². The van der Waals surface area contributed by atoms with E-state index < -0.39 is 12.1 Å². The fraction of sp³-hybridized carbons (Fsp3) is 0.385. The molecule has 0 saturated carbocycles. The van der Waals surface area contributed by atoms with Gasteiger partial charge in [-0.25, -0.2) is 9.80 Å². The highest BCUT2D eigenvalue weighted by Gasteiger charge is 2.46. The number of carbonyl (C=O) groups is 4. The zero-order valence-electron chi connectivity index (χ0n) is 19.4. The maximum Gasteiger partial charge on any atom is 0.251 e. The van der Waals surface area contributed by atoms with Crippen molar-refractivity contribution in [2.24, 2.45) is 0 Å². The van der Waals surface area contributed by atoms with E-state index in [9.17, 15) is 19.2 Å². The minimum absolute atomic E-state index is 0.161. The number of carbonyl (C=O) groups excluding carboxylic acids is 4. The lowest BCUT2D eigenvalue weighted by Gasteiger charge is -2.38. The third-order valence-corrected chi connectivity index (χ3v) is 7.06. The third-order valence-electron chi connectivity index (χ3n) is 7.06. The highest BCUT2D eigenvalue weighted by atomic mass is 16.2. The predicted molar refractivity (Wildman–Crippen MR) is 127 cm³/mol. The summed E-state index contributed by atoms with van der Waals surface area (Å²) in [4.78, 5) is 58.1. The number of aryl methyl sites for hydroxylation is 2. The van der Waals surface area contributed by atoms with E-state index in [1.165, 1.54) is 9.80 Å². The average Bonchev–Trinajstić information content (AvgIpc) is 3.29. The van der Waals surface area contributed by atoms with Gasteiger partial charge in [-0.15, -0.1) is 0 Å². The van der Waals surface area contributed by atoms with E-state index in [-0.39, 0.29) is 36.5 Å². The number of anilines is 2. The van der Waals surface area contributed by atoms with Gasteiger partial charge in [0.15, 0.2) is 0 Å². The molecule has 3 fully saturated rings. The molecule has 3 aliphatic heterocycles. The van der Waals surface area contributed by atoms with Crippen LogP contribution in [-0.2, 0) is 19.2 Å². The summed E-state index contributed by atoms with van der Waals surface area (Å²) in [6, 6.07) is 13.8. The molecule has 0 spiro atoms. The number of hydrogen-bond donors (Lipinski definition) is 0. The molecule has 0 aromatic heterocycles. The van der Waals surface area contributed by atoms with Crippen molar-refractivity contribution in [3.05, 3.63) is 59.7 Å². The first-order valence-corrected chi connectivity index (χ1v) is 11.7. The van der Waals surface area contributed by atoms with E-state index in [4.69, 9.17) is 0 Å². The van der Waals surface area contributed by atoms with Crippen molar-refractivity contribution in [1.29, 1.82) is 0 Å². The quantitative estimate of drug-likeness (QED) is 0.649. The number of nitrogens with zero attached hydrogens (tertiary/aromatic N) is 4. The molecule has 2 atom stereocenters. The van der Waals surface area contributed by atoms with Crippen LogP contribution in [0.3, 0.4) is 0 Å². The molecule has 8 heteroatoms. The summed E-state index contributed by atoms with van der Waals surface area (Å²) in [6.45, 7) is 6.18. The molecular weight excluding hydrogens is 432 g/mol. The molecule has 8 nitrogen and oxygen atoms in total. The van der Waals surface area contributed by atoms with Gasteiger partial charge >= 0.3 is 0 Å². The molecule has 34 heavy (non-hydrogen) atoms. The van der Waals surface area contributed by atoms with Crippen molar-refractivity contribution in [3.8, 4) is 0 Å². The maximum absolute atomic E-state index is 13.1. The zero-order chi connectivity index (χ0) is 24.0. The molecule has 0 unspecified atom stereocenters. The minimum Gasteiger partial charge on any atom is -0.289 e. The first-order chi connectivity index (χ1) is 16.3. The van der Waals surface area contributed by atoms with Gasteiger partial charge in [0.2, 0.25) is 11.8 Å². The topological polar surface area (TPSA) is 81.2 Å². The van der Waals surface area contributed by atoms with Crippen molar-refractivity contribution in [2.75, 3.05) is 36.0 Å². The predicted octanol–water partition coefficient (Wildman–Crippen LogP) is 1.89. The molecule has 0 radical (unpaired) electrons. The van der Waals surface area contributed by atoms with E-state index in [2.05, 4.69) is 0 Å². The van der Waals surface area contributed by atoms with Crippen LogP contribution in [0.15, 0.2) is 48.5 Å². The lowest BCUT2D eigenvalue weighted by Crippen LogP contribution is -2.56. The van der Waals surface area contributed by atoms with Gasteiger partial charge in [-0.2, -0.15) is 0 Å². The number of piperazine rings is 1. The first kappa shape index (κ1) is 22.4. The second-order valence-corrected chi connectivity index (χ2v) is 9.32. The second kappa shape index (κ2) is 8.77. The Kier molecular flexibility index (Phi) is 5.79. The van der Waals surface area contributed by atoms with Gasteiger partial charge in [0.05, 0.1) is 36.3 Å². The lowest BCUT2D eigenvalue weighted by atomic mass is 10.1. The average molecular weight is 461 g/mol. The van der Waals surface area contributed by atoms with Crippen LogP contribution in [-0.4, -0.2) is 71.7 Å². The molecule has 2 aromatic rings. The van der Waals surface area contributed by atoms with Crippen molar-refractivity contribution in [3.63, 3.8) is 0 Å². The molecule has 3 heterocycles. The van der Waals surface area contributed by atoms with Crippen LogP contribution in [0.4, 0.5) is 11.4 Å². The number of hydrogen-bond acceptors (Lipinski definition) is 6. The van der Waals surface area contributed by atoms with Crippen LogP contribution in [0, 0.1) is 13.8 Å². The monoisotopic (exact) mass is 460 g/mol. The van der Waals surface area contributed by atoms with Crippen molar-refractivity contribution >= 4 is 35.0 Å².